The van der Waals surface area contributed by atoms with E-state index in [0.717, 1.165) is 12.2 Å². The van der Waals surface area contributed by atoms with Gasteiger partial charge in [0.25, 0.3) is 0 Å². The van der Waals surface area contributed by atoms with E-state index >= 15 is 0 Å². The van der Waals surface area contributed by atoms with E-state index in [1.807, 2.05) is 39.8 Å². The van der Waals surface area contributed by atoms with Gasteiger partial charge in [-0.05, 0) is 69.5 Å². The zero-order valence-electron chi connectivity index (χ0n) is 13.3. The SMILES string of the molecule is C[C@@H]1C=C(/C=C/c2nc(=S)s[nH]2)CCN1C(=O)OC(C)(C)C. The van der Waals surface area contributed by atoms with Gasteiger partial charge in [-0.3, -0.25) is 4.37 Å². The first-order chi connectivity index (χ1) is 10.2. The Labute approximate surface area is 139 Å². The molecule has 1 atom stereocenters. The van der Waals surface area contributed by atoms with Gasteiger partial charge in [-0.2, -0.15) is 0 Å². The van der Waals surface area contributed by atoms with Crippen molar-refractivity contribution in [3.63, 3.8) is 0 Å². The topological polar surface area (TPSA) is 58.2 Å². The first-order valence-corrected chi connectivity index (χ1v) is 8.41. The number of ether oxygens (including phenoxy) is 1. The fourth-order valence-corrected chi connectivity index (χ4v) is 2.82. The number of aromatic amines is 1. The molecule has 0 aromatic carbocycles. The largest absolute Gasteiger partial charge is 0.444 e. The molecule has 1 aromatic rings. The Morgan fingerprint density at radius 3 is 2.82 bits per heavy atom. The van der Waals surface area contributed by atoms with Crippen molar-refractivity contribution in [2.45, 2.75) is 45.8 Å². The molecule has 7 heteroatoms. The number of nitrogens with one attached hydrogen (secondary N) is 1. The number of hydrogen-bond acceptors (Lipinski definition) is 5. The summed E-state index contributed by atoms with van der Waals surface area (Å²) < 4.78 is 9.07. The van der Waals surface area contributed by atoms with Crippen molar-refractivity contribution in [1.29, 1.82) is 0 Å². The molecule has 0 radical (unpaired) electrons. The summed E-state index contributed by atoms with van der Waals surface area (Å²) >= 11 is 6.32. The third kappa shape index (κ3) is 4.78. The molecule has 0 spiro atoms. The Hall–Kier alpha value is -1.47. The molecule has 1 aliphatic heterocycles. The number of rotatable bonds is 2. The van der Waals surface area contributed by atoms with Gasteiger partial charge in [0.2, 0.25) is 0 Å². The van der Waals surface area contributed by atoms with Gasteiger partial charge in [0.15, 0.2) is 3.95 Å². The minimum atomic E-state index is -0.469. The number of hydrogen-bond donors (Lipinski definition) is 1. The van der Waals surface area contributed by atoms with Crippen LogP contribution >= 0.6 is 23.8 Å². The van der Waals surface area contributed by atoms with E-state index in [1.165, 1.54) is 17.1 Å². The van der Waals surface area contributed by atoms with Crippen LogP contribution < -0.4 is 0 Å². The van der Waals surface area contributed by atoms with E-state index in [0.29, 0.717) is 10.5 Å². The normalized spacial score (nSPS) is 19.4. The Bertz CT molecular complexity index is 652. The lowest BCUT2D eigenvalue weighted by molar-refractivity contribution is 0.0204. The highest BCUT2D eigenvalue weighted by Gasteiger charge is 2.27. The average Bonchev–Trinajstić information content (AvgIpc) is 2.80. The molecule has 1 amide bonds. The smallest absolute Gasteiger partial charge is 0.410 e. The summed E-state index contributed by atoms with van der Waals surface area (Å²) in [6.07, 6.45) is 6.54. The van der Waals surface area contributed by atoms with Gasteiger partial charge in [0.1, 0.15) is 11.4 Å². The Kier molecular flexibility index (Phi) is 5.18. The highest BCUT2D eigenvalue weighted by atomic mass is 32.2. The minimum Gasteiger partial charge on any atom is -0.444 e. The summed E-state index contributed by atoms with van der Waals surface area (Å²) in [7, 11) is 0. The van der Waals surface area contributed by atoms with E-state index < -0.39 is 5.60 Å². The van der Waals surface area contributed by atoms with Gasteiger partial charge in [-0.1, -0.05) is 12.2 Å². The maximum Gasteiger partial charge on any atom is 0.410 e. The van der Waals surface area contributed by atoms with Gasteiger partial charge < -0.3 is 9.64 Å². The molecule has 5 nitrogen and oxygen atoms in total. The molecule has 2 heterocycles. The summed E-state index contributed by atoms with van der Waals surface area (Å²) in [5.41, 5.74) is 0.711. The number of H-pyrrole nitrogens is 1. The van der Waals surface area contributed by atoms with E-state index in [1.54, 1.807) is 4.90 Å². The molecule has 0 unspecified atom stereocenters. The summed E-state index contributed by atoms with van der Waals surface area (Å²) in [5.74, 6) is 0.762. The molecule has 0 fully saturated rings. The van der Waals surface area contributed by atoms with Crippen molar-refractivity contribution in [3.05, 3.63) is 27.5 Å². The lowest BCUT2D eigenvalue weighted by atomic mass is 10.0. The molecule has 0 bridgehead atoms. The zero-order chi connectivity index (χ0) is 16.3. The van der Waals surface area contributed by atoms with E-state index in [2.05, 4.69) is 15.4 Å². The van der Waals surface area contributed by atoms with Crippen molar-refractivity contribution >= 4 is 35.9 Å². The first-order valence-electron chi connectivity index (χ1n) is 7.18. The Balaban J connectivity index is 2.01. The summed E-state index contributed by atoms with van der Waals surface area (Å²) in [6.45, 7) is 8.27. The second-order valence-electron chi connectivity index (χ2n) is 6.21. The summed E-state index contributed by atoms with van der Waals surface area (Å²) in [5, 5.41) is 0. The van der Waals surface area contributed by atoms with Crippen LogP contribution in [0.5, 0.6) is 0 Å². The number of nitrogens with zero attached hydrogens (tertiary/aromatic N) is 2. The van der Waals surface area contributed by atoms with E-state index in [4.69, 9.17) is 17.0 Å². The maximum absolute atomic E-state index is 12.1. The molecule has 1 aliphatic rings. The molecule has 1 N–H and O–H groups in total. The highest BCUT2D eigenvalue weighted by Crippen LogP contribution is 2.21. The second-order valence-corrected chi connectivity index (χ2v) is 7.65. The van der Waals surface area contributed by atoms with Crippen molar-refractivity contribution in [2.24, 2.45) is 0 Å². The fourth-order valence-electron chi connectivity index (χ4n) is 2.15. The van der Waals surface area contributed by atoms with Crippen LogP contribution in [0.15, 0.2) is 17.7 Å². The van der Waals surface area contributed by atoms with Gasteiger partial charge in [-0.25, -0.2) is 9.78 Å². The Morgan fingerprint density at radius 2 is 2.27 bits per heavy atom. The number of allylic oxidation sites excluding steroid dienone is 1. The molecule has 0 saturated carbocycles. The third-order valence-electron chi connectivity index (χ3n) is 3.13. The van der Waals surface area contributed by atoms with E-state index in [9.17, 15) is 4.79 Å². The van der Waals surface area contributed by atoms with Crippen LogP contribution in [0.3, 0.4) is 0 Å². The predicted molar refractivity (Wildman–Crippen MR) is 91.4 cm³/mol. The lowest BCUT2D eigenvalue weighted by Crippen LogP contribution is -2.43. The predicted octanol–water partition coefficient (Wildman–Crippen LogP) is 4.17. The fraction of sp³-hybridized carbons (Fsp3) is 0.533. The van der Waals surface area contributed by atoms with Crippen LogP contribution in [0.4, 0.5) is 4.79 Å². The molecule has 0 aliphatic carbocycles. The van der Waals surface area contributed by atoms with Crippen molar-refractivity contribution in [1.82, 2.24) is 14.3 Å². The van der Waals surface area contributed by atoms with Gasteiger partial charge in [-0.15, -0.1) is 0 Å². The van der Waals surface area contributed by atoms with Crippen LogP contribution in [0.2, 0.25) is 0 Å². The standard InChI is InChI=1S/C15H21N3O2S2/c1-10-9-11(5-6-12-16-13(21)22-17-12)7-8-18(10)14(19)20-15(2,3)4/h5-6,9-10H,7-8H2,1-4H3,(H,16,17,21)/b6-5+/t10-/m1/s1. The number of amides is 1. The monoisotopic (exact) mass is 339 g/mol. The number of carbonyl (C=O) groups excluding carboxylic acids is 1. The molecular weight excluding hydrogens is 318 g/mol. The minimum absolute atomic E-state index is 0.0113. The summed E-state index contributed by atoms with van der Waals surface area (Å²) in [6, 6.07) is 0.0113. The second kappa shape index (κ2) is 6.75. The number of aromatic nitrogens is 2. The molecule has 120 valence electrons. The van der Waals surface area contributed by atoms with Crippen molar-refractivity contribution < 1.29 is 9.53 Å². The average molecular weight is 339 g/mol. The van der Waals surface area contributed by atoms with Crippen LogP contribution in [0.25, 0.3) is 6.08 Å². The van der Waals surface area contributed by atoms with Crippen LogP contribution in [0.1, 0.15) is 39.9 Å². The zero-order valence-corrected chi connectivity index (χ0v) is 14.9. The molecule has 1 aromatic heterocycles. The third-order valence-corrected chi connectivity index (χ3v) is 4.04. The van der Waals surface area contributed by atoms with Crippen LogP contribution in [-0.4, -0.2) is 38.5 Å². The van der Waals surface area contributed by atoms with Gasteiger partial charge >= 0.3 is 6.09 Å². The van der Waals surface area contributed by atoms with Gasteiger partial charge in [0, 0.05) is 6.54 Å². The lowest BCUT2D eigenvalue weighted by Gasteiger charge is -2.33. The maximum atomic E-state index is 12.1. The first kappa shape index (κ1) is 16.9. The molecule has 2 rings (SSSR count). The quantitative estimate of drug-likeness (QED) is 0.822. The molecule has 0 saturated heterocycles. The van der Waals surface area contributed by atoms with E-state index in [-0.39, 0.29) is 12.1 Å². The molecule has 22 heavy (non-hydrogen) atoms. The highest BCUT2D eigenvalue weighted by molar-refractivity contribution is 7.73. The van der Waals surface area contributed by atoms with Crippen LogP contribution in [-0.2, 0) is 4.74 Å². The van der Waals surface area contributed by atoms with Crippen molar-refractivity contribution in [3.8, 4) is 0 Å². The van der Waals surface area contributed by atoms with Crippen LogP contribution in [0, 0.1) is 3.95 Å². The van der Waals surface area contributed by atoms with Crippen molar-refractivity contribution in [2.75, 3.05) is 6.54 Å². The Morgan fingerprint density at radius 1 is 1.55 bits per heavy atom. The molecular formula is C15H21N3O2S2. The number of carbonyl (C=O) groups is 1. The van der Waals surface area contributed by atoms with Gasteiger partial charge in [0.05, 0.1) is 6.04 Å². The summed E-state index contributed by atoms with van der Waals surface area (Å²) in [4.78, 5) is 18.1.